The van der Waals surface area contributed by atoms with E-state index in [-0.39, 0.29) is 25.0 Å². The number of furan rings is 1. The van der Waals surface area contributed by atoms with Gasteiger partial charge in [0.1, 0.15) is 33.4 Å². The van der Waals surface area contributed by atoms with Crippen LogP contribution in [0.4, 0.5) is 0 Å². The third-order valence-corrected chi connectivity index (χ3v) is 9.52. The number of aryl methyl sites for hydroxylation is 1. The van der Waals surface area contributed by atoms with Crippen molar-refractivity contribution in [2.45, 2.75) is 57.0 Å². The Balaban J connectivity index is 1.38. The lowest BCUT2D eigenvalue weighted by Crippen LogP contribution is -2.41. The molecule has 224 valence electrons. The van der Waals surface area contributed by atoms with Crippen molar-refractivity contribution < 1.29 is 33.0 Å². The summed E-state index contributed by atoms with van der Waals surface area (Å²) in [6, 6.07) is 6.40. The Kier molecular flexibility index (Phi) is 9.24. The van der Waals surface area contributed by atoms with E-state index >= 15 is 0 Å². The van der Waals surface area contributed by atoms with Crippen molar-refractivity contribution in [3.63, 3.8) is 0 Å². The molecule has 1 aromatic heterocycles. The third-order valence-electron chi connectivity index (χ3n) is 8.19. The van der Waals surface area contributed by atoms with Gasteiger partial charge in [-0.15, -0.1) is 0 Å². The van der Waals surface area contributed by atoms with Gasteiger partial charge in [0.25, 0.3) is 5.91 Å². The number of ether oxygens (including phenoxy) is 3. The van der Waals surface area contributed by atoms with Crippen molar-refractivity contribution in [1.29, 1.82) is 0 Å². The number of thioether (sulfide) groups is 1. The first kappa shape index (κ1) is 30.1. The number of fused-ring (bicyclic) bond motifs is 2. The van der Waals surface area contributed by atoms with Gasteiger partial charge in [-0.2, -0.15) is 0 Å². The van der Waals surface area contributed by atoms with Crippen molar-refractivity contribution in [2.24, 2.45) is 23.3 Å². The molecule has 12 heteroatoms. The number of nitrogens with two attached hydrogens (primary N) is 2. The van der Waals surface area contributed by atoms with E-state index < -0.39 is 17.9 Å². The Hall–Kier alpha value is -3.35. The number of hydrogen-bond acceptors (Lipinski definition) is 10. The second-order valence-corrected chi connectivity index (χ2v) is 12.6. The summed E-state index contributed by atoms with van der Waals surface area (Å²) in [5.74, 6) is 2.06. The van der Waals surface area contributed by atoms with Gasteiger partial charge in [-0.25, -0.2) is 0 Å². The molecule has 4 atom stereocenters. The first-order valence-corrected chi connectivity index (χ1v) is 15.2. The number of methoxy groups -OCH3 is 2. The average molecular weight is 614 g/mol. The number of nitrogens with zero attached hydrogens (tertiary/aromatic N) is 1. The second kappa shape index (κ2) is 12.9. The largest absolute Gasteiger partial charge is 0.497 e. The number of rotatable bonds is 12. The number of carbonyl (C=O) groups is 3. The number of benzene rings is 1. The molecule has 2 heterocycles. The summed E-state index contributed by atoms with van der Waals surface area (Å²) in [6.07, 6.45) is 7.01. The molecule has 0 spiro atoms. The Bertz CT molecular complexity index is 1420. The van der Waals surface area contributed by atoms with Gasteiger partial charge in [-0.05, 0) is 67.7 Å². The van der Waals surface area contributed by atoms with E-state index in [2.05, 4.69) is 0 Å². The fraction of sp³-hybridized carbons (Fsp3) is 0.467. The molecule has 1 saturated heterocycles. The first-order valence-electron chi connectivity index (χ1n) is 14.0. The summed E-state index contributed by atoms with van der Waals surface area (Å²) >= 11 is 6.98. The van der Waals surface area contributed by atoms with Gasteiger partial charge in [0, 0.05) is 18.2 Å². The van der Waals surface area contributed by atoms with Crippen molar-refractivity contribution >= 4 is 52.2 Å². The number of esters is 1. The molecule has 2 saturated carbocycles. The summed E-state index contributed by atoms with van der Waals surface area (Å²) in [5, 5.41) is 0. The van der Waals surface area contributed by atoms with Gasteiger partial charge in [0.05, 0.1) is 37.7 Å². The predicted molar refractivity (Wildman–Crippen MR) is 163 cm³/mol. The van der Waals surface area contributed by atoms with Crippen LogP contribution in [0.2, 0.25) is 0 Å². The number of hydrogen-bond donors (Lipinski definition) is 2. The van der Waals surface area contributed by atoms with E-state index in [4.69, 9.17) is 42.3 Å². The monoisotopic (exact) mass is 613 g/mol. The normalized spacial score (nSPS) is 23.1. The summed E-state index contributed by atoms with van der Waals surface area (Å²) < 4.78 is 23.1. The van der Waals surface area contributed by atoms with E-state index in [1.165, 1.54) is 24.6 Å². The van der Waals surface area contributed by atoms with Gasteiger partial charge in [-0.3, -0.25) is 19.3 Å². The number of primary amides is 1. The van der Waals surface area contributed by atoms with Gasteiger partial charge < -0.3 is 30.1 Å². The highest BCUT2D eigenvalue weighted by Crippen LogP contribution is 2.49. The van der Waals surface area contributed by atoms with Crippen LogP contribution in [0.5, 0.6) is 11.5 Å². The van der Waals surface area contributed by atoms with Crippen molar-refractivity contribution in [3.05, 3.63) is 40.5 Å². The number of carbonyl (C=O) groups excluding carboxylic acids is 3. The summed E-state index contributed by atoms with van der Waals surface area (Å²) in [7, 11) is 3.15. The highest BCUT2D eigenvalue weighted by Gasteiger charge is 2.48. The maximum atomic E-state index is 13.6. The second-order valence-electron chi connectivity index (χ2n) is 10.9. The van der Waals surface area contributed by atoms with Crippen LogP contribution in [-0.4, -0.2) is 59.9 Å². The highest BCUT2D eigenvalue weighted by atomic mass is 32.2. The van der Waals surface area contributed by atoms with Crippen molar-refractivity contribution in [1.82, 2.24) is 4.90 Å². The van der Waals surface area contributed by atoms with Crippen LogP contribution >= 0.6 is 24.0 Å². The van der Waals surface area contributed by atoms with Crippen LogP contribution in [-0.2, 0) is 25.5 Å². The molecule has 42 heavy (non-hydrogen) atoms. The van der Waals surface area contributed by atoms with Crippen LogP contribution in [0.15, 0.2) is 33.6 Å². The third kappa shape index (κ3) is 6.35. The molecule has 2 bridgehead atoms. The van der Waals surface area contributed by atoms with E-state index in [9.17, 15) is 14.4 Å². The molecule has 0 unspecified atom stereocenters. The summed E-state index contributed by atoms with van der Waals surface area (Å²) in [5.41, 5.74) is 12.3. The van der Waals surface area contributed by atoms with Crippen LogP contribution in [0, 0.1) is 11.8 Å². The minimum atomic E-state index is -1.10. The average Bonchev–Trinajstić information content (AvgIpc) is 3.75. The van der Waals surface area contributed by atoms with Gasteiger partial charge in [-0.1, -0.05) is 30.4 Å². The minimum absolute atomic E-state index is 0.0779. The van der Waals surface area contributed by atoms with Crippen molar-refractivity contribution in [3.8, 4) is 22.8 Å². The Morgan fingerprint density at radius 3 is 2.69 bits per heavy atom. The molecule has 2 aliphatic carbocycles. The molecule has 1 aliphatic heterocycles. The lowest BCUT2D eigenvalue weighted by atomic mass is 9.94. The Morgan fingerprint density at radius 2 is 2.02 bits per heavy atom. The van der Waals surface area contributed by atoms with Gasteiger partial charge in [0.15, 0.2) is 0 Å². The van der Waals surface area contributed by atoms with Gasteiger partial charge in [0.2, 0.25) is 5.91 Å². The Morgan fingerprint density at radius 1 is 1.21 bits per heavy atom. The standard InChI is InChI=1S/C30H35N3O7S2/c1-37-19-7-8-20(24(13-19)38-2)25-12-18(4-3-9-39-29(36)21(31)14-27(32)34)23(40-25)15-26-28(35)33(30(41)42-26)22-11-16-5-6-17(22)10-16/h7-8,12-13,15-17,21-22H,3-6,9-11,14,31H2,1-2H3,(H2,32,34)/b26-15-/t16-,17-,21-,22-/m0/s1. The Labute approximate surface area is 254 Å². The van der Waals surface area contributed by atoms with Crippen molar-refractivity contribution in [2.75, 3.05) is 20.8 Å². The topological polar surface area (TPSA) is 147 Å². The zero-order chi connectivity index (χ0) is 30.0. The zero-order valence-corrected chi connectivity index (χ0v) is 25.3. The van der Waals surface area contributed by atoms with Crippen LogP contribution in [0.1, 0.15) is 49.8 Å². The van der Waals surface area contributed by atoms with E-state index in [0.29, 0.717) is 56.9 Å². The smallest absolute Gasteiger partial charge is 0.323 e. The maximum absolute atomic E-state index is 13.6. The molecule has 4 N–H and O–H groups in total. The SMILES string of the molecule is COc1ccc(-c2cc(CCCOC(=O)[C@@H](N)CC(N)=O)c(/C=C3\SC(=S)N([C@H]4C[C@H]5CC[C@H]4C5)C3=O)o2)c(OC)c1. The van der Waals surface area contributed by atoms with E-state index in [0.717, 1.165) is 24.0 Å². The minimum Gasteiger partial charge on any atom is -0.497 e. The highest BCUT2D eigenvalue weighted by molar-refractivity contribution is 8.26. The number of thiocarbonyl (C=S) groups is 1. The zero-order valence-electron chi connectivity index (χ0n) is 23.6. The molecule has 0 radical (unpaired) electrons. The molecule has 3 aliphatic rings. The predicted octanol–water partition coefficient (Wildman–Crippen LogP) is 4.03. The maximum Gasteiger partial charge on any atom is 0.323 e. The molecule has 2 aromatic rings. The molecular weight excluding hydrogens is 578 g/mol. The quantitative estimate of drug-likeness (QED) is 0.156. The van der Waals surface area contributed by atoms with E-state index in [1.807, 2.05) is 23.1 Å². The van der Waals surface area contributed by atoms with Gasteiger partial charge >= 0.3 is 5.97 Å². The molecule has 1 aromatic carbocycles. The fourth-order valence-electron chi connectivity index (χ4n) is 6.15. The van der Waals surface area contributed by atoms with Crippen LogP contribution in [0.3, 0.4) is 0 Å². The van der Waals surface area contributed by atoms with E-state index in [1.54, 1.807) is 26.4 Å². The summed E-state index contributed by atoms with van der Waals surface area (Å²) in [6.45, 7) is 0.0868. The van der Waals surface area contributed by atoms with Crippen LogP contribution in [0.25, 0.3) is 17.4 Å². The lowest BCUT2D eigenvalue weighted by molar-refractivity contribution is -0.146. The number of amides is 2. The van der Waals surface area contributed by atoms with Crippen LogP contribution < -0.4 is 20.9 Å². The molecule has 5 rings (SSSR count). The molecule has 2 amide bonds. The fourth-order valence-corrected chi connectivity index (χ4v) is 7.49. The first-order chi connectivity index (χ1) is 20.2. The molecular formula is C30H35N3O7S2. The lowest BCUT2D eigenvalue weighted by Gasteiger charge is -2.30. The summed E-state index contributed by atoms with van der Waals surface area (Å²) in [4.78, 5) is 39.1. The molecule has 10 nitrogen and oxygen atoms in total. The molecule has 3 fully saturated rings.